The van der Waals surface area contributed by atoms with Crippen LogP contribution >= 0.6 is 0 Å². The van der Waals surface area contributed by atoms with Crippen LogP contribution in [0.3, 0.4) is 0 Å². The van der Waals surface area contributed by atoms with Gasteiger partial charge in [0.15, 0.2) is 9.84 Å². The SMILES string of the molecule is CC.CC.CC.CC.CC.CC.CC.CC.CC.CC12CCC(C)(C(=O)O1)C2(C)C.O=C1CCCO1.O=C1OC2CC3CC(C2)CC1C3.O=C1OC2CC3CC1C2C3.O=C1OCC2C3CC(C12)C1C2CCC(C2)C31.O=C1OCC2C3CCC(C3)C12.O=C1OCCC12CC1CC2C2C3CCC(C3)C12.O=S1(=O)CC2CC3CC2C1C3.O=S1(=O)CCCC1.O=S1(=O)CCCO1. The van der Waals surface area contributed by atoms with Crippen LogP contribution in [-0.4, -0.2) is 146 Å². The van der Waals surface area contributed by atoms with Gasteiger partial charge in [0, 0.05) is 29.6 Å². The molecule has 28 aliphatic rings. The lowest BCUT2D eigenvalue weighted by Crippen LogP contribution is -2.42. The standard InChI is InChI=1S/C15H20O2.C14H18O2.C10H14O2.C10H16O2.C9H12O2.C8H12O2S.C8H10O2.C4H8O2S.C4H6O2.C3H6O3S.9C2H6/c16-14-15(3-4-17-14)7-10-6-11(15)13-9-2-1-8(5-9)12(10)13;15-14-13-9-4-8(10(13)5-16-14)11-6-1-2-7(3-6)12(9)11;11-10-8-2-6-1-7(3-8)5-9(4-6)12-10;1-8(2)9(3)5-6-10(8,4)12-7(9)11;10-9-8-6-2-1-5(3-6)7(8)4-11-9;9-11(10)4-6-1-5-2-7(6)8(11)3-5;9-8-6-2-4-1-5(6)7(3-4)10-8;5-7(6)3-1-2-4-7;5-4-2-1-3-6-4;4-7(5)3-1-2-6-7;9*1-2/h8-13H,1-7H2;6-13H,1-5H2;6-9H,1-5H2;5-6H2,1-4H3;2*5-8H,1-4H2;4-7H,1-3H2;1-4H2;1-3H2;1-3H2;9*1-2H3. The summed E-state index contributed by atoms with van der Waals surface area (Å²) in [7, 11) is -8.22. The number of rotatable bonds is 0. The summed E-state index contributed by atoms with van der Waals surface area (Å²) in [6.45, 7) is 47.6. The van der Waals surface area contributed by atoms with Crippen LogP contribution in [0.4, 0.5) is 0 Å². The molecule has 0 amide bonds. The number of cyclic esters (lactones) is 4. The molecule has 1 spiro atoms. The van der Waals surface area contributed by atoms with E-state index in [1.54, 1.807) is 0 Å². The molecule has 0 N–H and O–H groups in total. The Morgan fingerprint density at radius 2 is 0.921 bits per heavy atom. The summed E-state index contributed by atoms with van der Waals surface area (Å²) in [5.74, 6) is 22.1. The summed E-state index contributed by atoms with van der Waals surface area (Å²) >= 11 is 0. The summed E-state index contributed by atoms with van der Waals surface area (Å²) in [6, 6.07) is 0. The molecular weight excluding hydrogens is 1670 g/mol. The third kappa shape index (κ3) is 21.7. The first kappa shape index (κ1) is 107. The highest BCUT2D eigenvalue weighted by atomic mass is 32.2. The minimum Gasteiger partial charge on any atom is -0.466 e. The molecule has 0 aromatic heterocycles. The molecule has 17 saturated carbocycles. The van der Waals surface area contributed by atoms with Gasteiger partial charge in [-0.05, 0) is 325 Å². The monoisotopic (exact) mass is 1850 g/mol. The maximum Gasteiger partial charge on any atom is 0.313 e. The minimum absolute atomic E-state index is 0.00116. The number of ether oxygens (including phenoxy) is 7. The highest BCUT2D eigenvalue weighted by Crippen LogP contribution is 2.75. The smallest absolute Gasteiger partial charge is 0.313 e. The third-order valence-corrected chi connectivity index (χ3v) is 41.3. The predicted octanol–water partition coefficient (Wildman–Crippen LogP) is 21.1. The fourth-order valence-electron chi connectivity index (χ4n) is 30.7. The normalized spacial score (nSPS) is 44.4. The van der Waals surface area contributed by atoms with Gasteiger partial charge in [-0.1, -0.05) is 138 Å². The van der Waals surface area contributed by atoms with Gasteiger partial charge in [0.25, 0.3) is 10.1 Å². The van der Waals surface area contributed by atoms with Gasteiger partial charge in [0.1, 0.15) is 27.6 Å². The second-order valence-electron chi connectivity index (χ2n) is 40.9. The summed E-state index contributed by atoms with van der Waals surface area (Å²) in [5, 5.41) is 0.0891. The molecule has 24 heteroatoms. The molecule has 28 rings (SSSR count). The molecule has 20 bridgehead atoms. The van der Waals surface area contributed by atoms with Gasteiger partial charge in [-0.3, -0.25) is 37.7 Å². The maximum atomic E-state index is 12.2. The summed E-state index contributed by atoms with van der Waals surface area (Å²) in [6.07, 6.45) is 37.2. The molecule has 127 heavy (non-hydrogen) atoms. The largest absolute Gasteiger partial charge is 0.466 e. The number of hydrogen-bond donors (Lipinski definition) is 0. The Bertz CT molecular complexity index is 3870. The van der Waals surface area contributed by atoms with E-state index in [-0.39, 0.29) is 86.7 Å². The average molecular weight is 1850 g/mol. The first-order valence-electron chi connectivity index (χ1n) is 52.6. The number of sulfone groups is 2. The summed E-state index contributed by atoms with van der Waals surface area (Å²) in [4.78, 5) is 79.3. The first-order valence-corrected chi connectivity index (χ1v) is 57.7. The molecule has 11 heterocycles. The van der Waals surface area contributed by atoms with Crippen molar-refractivity contribution in [2.24, 2.45) is 176 Å². The van der Waals surface area contributed by atoms with Gasteiger partial charge in [-0.15, -0.1) is 0 Å². The van der Waals surface area contributed by atoms with E-state index in [1.807, 2.05) is 132 Å². The van der Waals surface area contributed by atoms with Crippen molar-refractivity contribution in [1.29, 1.82) is 0 Å². The van der Waals surface area contributed by atoms with Crippen molar-refractivity contribution in [2.75, 3.05) is 56.0 Å². The first-order chi connectivity index (χ1) is 61.0. The average Bonchev–Trinajstić information content (AvgIpc) is 1.54. The van der Waals surface area contributed by atoms with Crippen LogP contribution in [0.25, 0.3) is 0 Å². The second-order valence-corrected chi connectivity index (χ2v) is 47.2. The number of carbonyl (C=O) groups is 7. The molecular formula is C103H176O21S3. The van der Waals surface area contributed by atoms with Gasteiger partial charge < -0.3 is 33.2 Å². The van der Waals surface area contributed by atoms with Crippen LogP contribution in [0.15, 0.2) is 0 Å². The quantitative estimate of drug-likeness (QED) is 0.0942. The van der Waals surface area contributed by atoms with E-state index in [9.17, 15) is 58.8 Å². The van der Waals surface area contributed by atoms with Crippen LogP contribution in [0, 0.1) is 176 Å². The molecule has 11 aliphatic heterocycles. The van der Waals surface area contributed by atoms with Gasteiger partial charge >= 0.3 is 41.8 Å². The van der Waals surface area contributed by atoms with E-state index in [2.05, 4.69) is 29.7 Å². The van der Waals surface area contributed by atoms with E-state index in [0.29, 0.717) is 115 Å². The zero-order valence-corrected chi connectivity index (χ0v) is 85.4. The van der Waals surface area contributed by atoms with E-state index in [1.165, 1.54) is 103 Å². The Kier molecular flexibility index (Phi) is 38.8. The van der Waals surface area contributed by atoms with Crippen LogP contribution in [0.5, 0.6) is 0 Å². The highest BCUT2D eigenvalue weighted by molar-refractivity contribution is 7.92. The lowest BCUT2D eigenvalue weighted by molar-refractivity contribution is -0.158. The van der Waals surface area contributed by atoms with Crippen molar-refractivity contribution in [1.82, 2.24) is 0 Å². The number of hydrogen-bond acceptors (Lipinski definition) is 21. The Morgan fingerprint density at radius 1 is 0.370 bits per heavy atom. The fraction of sp³-hybridized carbons (Fsp3) is 0.932. The van der Waals surface area contributed by atoms with Crippen molar-refractivity contribution in [3.05, 3.63) is 0 Å². The summed E-state index contributed by atoms with van der Waals surface area (Å²) < 4.78 is 105. The molecule has 28 fully saturated rings. The Hall–Kier alpha value is -3.90. The molecule has 17 aliphatic carbocycles. The fourth-order valence-corrected chi connectivity index (χ4v) is 35.8. The lowest BCUT2D eigenvalue weighted by Gasteiger charge is -2.42. The molecule has 0 aromatic carbocycles. The van der Waals surface area contributed by atoms with Crippen molar-refractivity contribution >= 4 is 71.6 Å². The topological polar surface area (TPSA) is 296 Å². The summed E-state index contributed by atoms with van der Waals surface area (Å²) in [5.41, 5.74) is -0.450. The zero-order valence-electron chi connectivity index (χ0n) is 82.9. The second kappa shape index (κ2) is 46.1. The van der Waals surface area contributed by atoms with Gasteiger partial charge in [-0.2, -0.15) is 8.42 Å². The molecule has 732 valence electrons. The number of fused-ring (bicyclic) bond motifs is 32. The molecule has 0 radical (unpaired) electrons. The molecule has 11 saturated heterocycles. The van der Waals surface area contributed by atoms with E-state index in [0.717, 1.165) is 191 Å². The minimum atomic E-state index is -3.05. The van der Waals surface area contributed by atoms with E-state index >= 15 is 0 Å². The zero-order chi connectivity index (χ0) is 93.8. The molecule has 31 atom stereocenters. The van der Waals surface area contributed by atoms with Crippen molar-refractivity contribution < 1.29 is 96.2 Å². The Labute approximate surface area is 769 Å². The van der Waals surface area contributed by atoms with Crippen molar-refractivity contribution in [2.45, 2.75) is 374 Å². The maximum absolute atomic E-state index is 12.2. The molecule has 21 nitrogen and oxygen atoms in total. The van der Waals surface area contributed by atoms with Crippen molar-refractivity contribution in [3.8, 4) is 0 Å². The van der Waals surface area contributed by atoms with Crippen LogP contribution < -0.4 is 0 Å². The van der Waals surface area contributed by atoms with Crippen LogP contribution in [-0.2, 0) is 101 Å². The Morgan fingerprint density at radius 3 is 1.37 bits per heavy atom. The van der Waals surface area contributed by atoms with Gasteiger partial charge in [0.05, 0.1) is 95.8 Å². The number of carbonyl (C=O) groups excluding carboxylic acids is 7. The van der Waals surface area contributed by atoms with E-state index < -0.39 is 29.8 Å². The van der Waals surface area contributed by atoms with Gasteiger partial charge in [0.2, 0.25) is 0 Å². The third-order valence-electron chi connectivity index (χ3n) is 35.8. The van der Waals surface area contributed by atoms with Crippen molar-refractivity contribution in [3.63, 3.8) is 0 Å². The van der Waals surface area contributed by atoms with Crippen LogP contribution in [0.2, 0.25) is 0 Å². The van der Waals surface area contributed by atoms with Gasteiger partial charge in [-0.25, -0.2) is 16.8 Å². The van der Waals surface area contributed by atoms with E-state index in [4.69, 9.17) is 28.4 Å². The lowest BCUT2D eigenvalue weighted by atomic mass is 9.60. The Balaban J connectivity index is 0.000000158. The molecule has 31 unspecified atom stereocenters. The predicted molar refractivity (Wildman–Crippen MR) is 498 cm³/mol. The van der Waals surface area contributed by atoms with Crippen LogP contribution in [0.1, 0.15) is 351 Å². The highest BCUT2D eigenvalue weighted by Gasteiger charge is 2.73. The number of esters is 7. The molecule has 0 aromatic rings.